The zero-order valence-corrected chi connectivity index (χ0v) is 13.0. The molecule has 1 N–H and O–H groups in total. The fourth-order valence-corrected chi connectivity index (χ4v) is 2.74. The molecule has 0 amide bonds. The van der Waals surface area contributed by atoms with E-state index in [-0.39, 0.29) is 5.97 Å². The van der Waals surface area contributed by atoms with E-state index >= 15 is 0 Å². The summed E-state index contributed by atoms with van der Waals surface area (Å²) < 4.78 is 6.78. The van der Waals surface area contributed by atoms with Gasteiger partial charge in [0.05, 0.1) is 23.1 Å². The van der Waals surface area contributed by atoms with E-state index in [1.807, 2.05) is 25.6 Å². The molecular weight excluding hydrogens is 262 g/mol. The Balaban J connectivity index is 2.67. The van der Waals surface area contributed by atoms with Crippen LogP contribution in [0, 0.1) is 6.92 Å². The van der Waals surface area contributed by atoms with E-state index in [0.29, 0.717) is 12.4 Å². The summed E-state index contributed by atoms with van der Waals surface area (Å²) in [6.45, 7) is 8.15. The Morgan fingerprint density at radius 1 is 1.47 bits per heavy atom. The maximum absolute atomic E-state index is 11.4. The van der Waals surface area contributed by atoms with Gasteiger partial charge in [-0.05, 0) is 26.8 Å². The van der Waals surface area contributed by atoms with Gasteiger partial charge in [-0.2, -0.15) is 5.10 Å². The van der Waals surface area contributed by atoms with Crippen molar-refractivity contribution in [3.8, 4) is 0 Å². The van der Waals surface area contributed by atoms with Crippen molar-refractivity contribution in [1.82, 2.24) is 15.1 Å². The molecule has 0 aliphatic heterocycles. The van der Waals surface area contributed by atoms with E-state index in [4.69, 9.17) is 4.74 Å². The standard InChI is InChI=1S/C13H23N3O2S/c1-5-7-14-8-11-10(3)15-16(4)13(11)19-9-12(17)18-6-2/h14H,5-9H2,1-4H3. The summed E-state index contributed by atoms with van der Waals surface area (Å²) in [6, 6.07) is 0. The fraction of sp³-hybridized carbons (Fsp3) is 0.692. The van der Waals surface area contributed by atoms with Crippen LogP contribution in [0.15, 0.2) is 5.03 Å². The van der Waals surface area contributed by atoms with E-state index in [1.54, 1.807) is 0 Å². The predicted octanol–water partition coefficient (Wildman–Crippen LogP) is 1.88. The lowest BCUT2D eigenvalue weighted by atomic mass is 10.2. The van der Waals surface area contributed by atoms with Crippen LogP contribution in [0.5, 0.6) is 0 Å². The Bertz CT molecular complexity index is 418. The van der Waals surface area contributed by atoms with Crippen molar-refractivity contribution in [3.05, 3.63) is 11.3 Å². The van der Waals surface area contributed by atoms with Crippen molar-refractivity contribution in [3.63, 3.8) is 0 Å². The first-order valence-corrected chi connectivity index (χ1v) is 7.60. The largest absolute Gasteiger partial charge is 0.465 e. The Kier molecular flexibility index (Phi) is 6.94. The number of carbonyl (C=O) groups is 1. The average Bonchev–Trinajstić information content (AvgIpc) is 2.62. The normalized spacial score (nSPS) is 10.7. The highest BCUT2D eigenvalue weighted by molar-refractivity contribution is 7.99. The molecule has 0 saturated heterocycles. The van der Waals surface area contributed by atoms with Crippen LogP contribution in [0.1, 0.15) is 31.5 Å². The van der Waals surface area contributed by atoms with E-state index in [2.05, 4.69) is 17.3 Å². The first-order valence-electron chi connectivity index (χ1n) is 6.61. The monoisotopic (exact) mass is 285 g/mol. The lowest BCUT2D eigenvalue weighted by Gasteiger charge is -2.07. The Labute approximate surface area is 119 Å². The topological polar surface area (TPSA) is 56.2 Å². The van der Waals surface area contributed by atoms with Crippen molar-refractivity contribution in [2.75, 3.05) is 18.9 Å². The van der Waals surface area contributed by atoms with Gasteiger partial charge in [-0.25, -0.2) is 0 Å². The molecule has 1 heterocycles. The molecule has 6 heteroatoms. The highest BCUT2D eigenvalue weighted by Gasteiger charge is 2.15. The van der Waals surface area contributed by atoms with Crippen LogP contribution < -0.4 is 5.32 Å². The highest BCUT2D eigenvalue weighted by atomic mass is 32.2. The number of ether oxygens (including phenoxy) is 1. The molecule has 0 unspecified atom stereocenters. The summed E-state index contributed by atoms with van der Waals surface area (Å²) >= 11 is 1.49. The summed E-state index contributed by atoms with van der Waals surface area (Å²) in [5, 5.41) is 8.83. The van der Waals surface area contributed by atoms with Gasteiger partial charge in [0.2, 0.25) is 0 Å². The van der Waals surface area contributed by atoms with Gasteiger partial charge in [0.1, 0.15) is 0 Å². The van der Waals surface area contributed by atoms with E-state index < -0.39 is 0 Å². The van der Waals surface area contributed by atoms with Crippen LogP contribution in [0.25, 0.3) is 0 Å². The molecule has 108 valence electrons. The van der Waals surface area contributed by atoms with Gasteiger partial charge >= 0.3 is 5.97 Å². The minimum Gasteiger partial charge on any atom is -0.465 e. The number of hydrogen-bond acceptors (Lipinski definition) is 5. The van der Waals surface area contributed by atoms with Gasteiger partial charge in [0, 0.05) is 19.2 Å². The molecule has 1 aromatic heterocycles. The van der Waals surface area contributed by atoms with Gasteiger partial charge in [0.15, 0.2) is 0 Å². The number of esters is 1. The van der Waals surface area contributed by atoms with Crippen LogP contribution >= 0.6 is 11.8 Å². The molecule has 0 aliphatic carbocycles. The second-order valence-corrected chi connectivity index (χ2v) is 5.23. The van der Waals surface area contributed by atoms with Gasteiger partial charge in [-0.15, -0.1) is 0 Å². The molecule has 1 aromatic rings. The third kappa shape index (κ3) is 4.87. The third-order valence-corrected chi connectivity index (χ3v) is 3.81. The quantitative estimate of drug-likeness (QED) is 0.449. The Hall–Kier alpha value is -1.01. The lowest BCUT2D eigenvalue weighted by molar-refractivity contribution is -0.139. The predicted molar refractivity (Wildman–Crippen MR) is 77.3 cm³/mol. The Morgan fingerprint density at radius 2 is 2.21 bits per heavy atom. The number of carbonyl (C=O) groups excluding carboxylic acids is 1. The van der Waals surface area contributed by atoms with Gasteiger partial charge < -0.3 is 10.1 Å². The van der Waals surface area contributed by atoms with E-state index in [9.17, 15) is 4.79 Å². The average molecular weight is 285 g/mol. The third-order valence-electron chi connectivity index (χ3n) is 2.65. The highest BCUT2D eigenvalue weighted by Crippen LogP contribution is 2.24. The number of thioether (sulfide) groups is 1. The molecule has 0 bridgehead atoms. The number of aromatic nitrogens is 2. The first kappa shape index (κ1) is 16.0. The summed E-state index contributed by atoms with van der Waals surface area (Å²) in [7, 11) is 1.91. The fourth-order valence-electron chi connectivity index (χ4n) is 1.79. The molecule has 0 radical (unpaired) electrons. The molecule has 0 spiro atoms. The number of rotatable bonds is 8. The van der Waals surface area contributed by atoms with Crippen molar-refractivity contribution < 1.29 is 9.53 Å². The van der Waals surface area contributed by atoms with Crippen LogP contribution in [-0.4, -0.2) is 34.7 Å². The van der Waals surface area contributed by atoms with Crippen LogP contribution in [0.2, 0.25) is 0 Å². The zero-order chi connectivity index (χ0) is 14.3. The van der Waals surface area contributed by atoms with Crippen molar-refractivity contribution in [2.45, 2.75) is 38.8 Å². The smallest absolute Gasteiger partial charge is 0.316 e. The lowest BCUT2D eigenvalue weighted by Crippen LogP contribution is -2.15. The molecule has 5 nitrogen and oxygen atoms in total. The first-order chi connectivity index (χ1) is 9.10. The summed E-state index contributed by atoms with van der Waals surface area (Å²) in [5.41, 5.74) is 2.18. The van der Waals surface area contributed by atoms with E-state index in [1.165, 1.54) is 17.3 Å². The maximum Gasteiger partial charge on any atom is 0.316 e. The maximum atomic E-state index is 11.4. The van der Waals surface area contributed by atoms with Crippen LogP contribution in [0.3, 0.4) is 0 Å². The van der Waals surface area contributed by atoms with Crippen molar-refractivity contribution >= 4 is 17.7 Å². The van der Waals surface area contributed by atoms with Crippen LogP contribution in [-0.2, 0) is 23.1 Å². The summed E-state index contributed by atoms with van der Waals surface area (Å²) in [4.78, 5) is 11.4. The second kappa shape index (κ2) is 8.22. The number of aryl methyl sites for hydroxylation is 2. The SMILES string of the molecule is CCCNCc1c(C)nn(C)c1SCC(=O)OCC. The van der Waals surface area contributed by atoms with Gasteiger partial charge in [-0.3, -0.25) is 9.48 Å². The number of nitrogens with zero attached hydrogens (tertiary/aromatic N) is 2. The molecule has 19 heavy (non-hydrogen) atoms. The second-order valence-electron chi connectivity index (χ2n) is 4.26. The molecule has 0 saturated carbocycles. The van der Waals surface area contributed by atoms with Crippen molar-refractivity contribution in [1.29, 1.82) is 0 Å². The summed E-state index contributed by atoms with van der Waals surface area (Å²) in [6.07, 6.45) is 1.10. The van der Waals surface area contributed by atoms with Crippen LogP contribution in [0.4, 0.5) is 0 Å². The van der Waals surface area contributed by atoms with Crippen molar-refractivity contribution in [2.24, 2.45) is 7.05 Å². The zero-order valence-electron chi connectivity index (χ0n) is 12.2. The minimum absolute atomic E-state index is 0.182. The number of hydrogen-bond donors (Lipinski definition) is 1. The minimum atomic E-state index is -0.182. The van der Waals surface area contributed by atoms with E-state index in [0.717, 1.165) is 30.2 Å². The Morgan fingerprint density at radius 3 is 2.84 bits per heavy atom. The van der Waals surface area contributed by atoms with Gasteiger partial charge in [-0.1, -0.05) is 18.7 Å². The molecule has 1 rings (SSSR count). The summed E-state index contributed by atoms with van der Waals surface area (Å²) in [5.74, 6) is 0.145. The molecule has 0 atom stereocenters. The molecule has 0 aliphatic rings. The van der Waals surface area contributed by atoms with Gasteiger partial charge in [0.25, 0.3) is 0 Å². The molecular formula is C13H23N3O2S. The number of nitrogens with one attached hydrogen (secondary N) is 1. The molecule has 0 fully saturated rings. The molecule has 0 aromatic carbocycles.